The smallest absolute Gasteiger partial charge is 0.314 e. The van der Waals surface area contributed by atoms with Gasteiger partial charge in [-0.15, -0.1) is 11.6 Å². The van der Waals surface area contributed by atoms with Gasteiger partial charge in [-0.2, -0.15) is 0 Å². The summed E-state index contributed by atoms with van der Waals surface area (Å²) in [6.45, 7) is 2.18. The Morgan fingerprint density at radius 1 is 1.22 bits per heavy atom. The predicted molar refractivity (Wildman–Crippen MR) is 71.1 cm³/mol. The van der Waals surface area contributed by atoms with Crippen molar-refractivity contribution in [1.29, 1.82) is 0 Å². The second kappa shape index (κ2) is 3.99. The summed E-state index contributed by atoms with van der Waals surface area (Å²) in [5.74, 6) is 1.18. The van der Waals surface area contributed by atoms with Gasteiger partial charge in [-0.05, 0) is 36.0 Å². The van der Waals surface area contributed by atoms with Crippen LogP contribution in [0.3, 0.4) is 0 Å². The molecule has 0 bridgehead atoms. The first-order valence-corrected chi connectivity index (χ1v) is 6.40. The molecule has 0 saturated heterocycles. The zero-order valence-corrected chi connectivity index (χ0v) is 10.6. The van der Waals surface area contributed by atoms with Gasteiger partial charge in [0.05, 0.1) is 16.4 Å². The Bertz CT molecular complexity index is 719. The fourth-order valence-corrected chi connectivity index (χ4v) is 2.80. The molecule has 1 aliphatic rings. The fourth-order valence-electron chi connectivity index (χ4n) is 2.31. The molecule has 2 N–H and O–H groups in total. The second-order valence-electron chi connectivity index (χ2n) is 4.99. The number of aromatic amines is 2. The number of halogens is 1. The van der Waals surface area contributed by atoms with Crippen molar-refractivity contribution in [3.8, 4) is 0 Å². The van der Waals surface area contributed by atoms with Crippen LogP contribution in [-0.2, 0) is 0 Å². The molecule has 0 radical (unpaired) electrons. The summed E-state index contributed by atoms with van der Waals surface area (Å²) in [5, 5.41) is -0.0279. The van der Waals surface area contributed by atoms with E-state index in [2.05, 4.69) is 16.9 Å². The molecule has 3 rings (SSSR count). The van der Waals surface area contributed by atoms with E-state index in [1.807, 2.05) is 12.1 Å². The third-order valence-electron chi connectivity index (χ3n) is 3.61. The standard InChI is InChI=1S/C13H13ClN2O2/c1-6-4-8(6)11(14)7-2-3-9-10(5-7)16-13(18)12(17)15-9/h2-3,5-6,8,11H,4H2,1H3,(H,15,17)(H,16,18). The maximum atomic E-state index is 11.3. The largest absolute Gasteiger partial charge is 0.316 e. The summed E-state index contributed by atoms with van der Waals surface area (Å²) in [6, 6.07) is 5.53. The number of alkyl halides is 1. The molecule has 18 heavy (non-hydrogen) atoms. The Kier molecular flexibility index (Phi) is 2.55. The van der Waals surface area contributed by atoms with Gasteiger partial charge < -0.3 is 9.97 Å². The van der Waals surface area contributed by atoms with E-state index in [0.29, 0.717) is 22.9 Å². The number of aromatic nitrogens is 2. The average Bonchev–Trinajstić information content (AvgIpc) is 3.06. The van der Waals surface area contributed by atoms with E-state index in [1.165, 1.54) is 0 Å². The molecule has 1 aliphatic carbocycles. The topological polar surface area (TPSA) is 65.7 Å². The lowest BCUT2D eigenvalue weighted by Gasteiger charge is -2.09. The van der Waals surface area contributed by atoms with Crippen molar-refractivity contribution in [3.63, 3.8) is 0 Å². The van der Waals surface area contributed by atoms with E-state index in [-0.39, 0.29) is 5.38 Å². The predicted octanol–water partition coefficient (Wildman–Crippen LogP) is 2.15. The molecule has 3 unspecified atom stereocenters. The van der Waals surface area contributed by atoms with E-state index in [1.54, 1.807) is 6.07 Å². The van der Waals surface area contributed by atoms with Crippen molar-refractivity contribution in [2.45, 2.75) is 18.7 Å². The molecule has 1 saturated carbocycles. The summed E-state index contributed by atoms with van der Waals surface area (Å²) in [7, 11) is 0. The van der Waals surface area contributed by atoms with E-state index in [9.17, 15) is 9.59 Å². The van der Waals surface area contributed by atoms with Crippen LogP contribution in [-0.4, -0.2) is 9.97 Å². The summed E-state index contributed by atoms with van der Waals surface area (Å²) >= 11 is 6.41. The Labute approximate surface area is 108 Å². The minimum Gasteiger partial charge on any atom is -0.316 e. The van der Waals surface area contributed by atoms with Crippen molar-refractivity contribution in [1.82, 2.24) is 9.97 Å². The number of H-pyrrole nitrogens is 2. The van der Waals surface area contributed by atoms with Crippen molar-refractivity contribution < 1.29 is 0 Å². The molecule has 1 aromatic heterocycles. The molecule has 0 amide bonds. The lowest BCUT2D eigenvalue weighted by Crippen LogP contribution is -2.28. The molecule has 0 aliphatic heterocycles. The molecule has 1 fully saturated rings. The highest BCUT2D eigenvalue weighted by atomic mass is 35.5. The second-order valence-corrected chi connectivity index (χ2v) is 5.46. The van der Waals surface area contributed by atoms with Crippen LogP contribution in [0.15, 0.2) is 27.8 Å². The fraction of sp³-hybridized carbons (Fsp3) is 0.385. The monoisotopic (exact) mass is 264 g/mol. The zero-order valence-electron chi connectivity index (χ0n) is 9.87. The molecular formula is C13H13ClN2O2. The highest BCUT2D eigenvalue weighted by Crippen LogP contribution is 2.50. The van der Waals surface area contributed by atoms with Crippen LogP contribution in [0.2, 0.25) is 0 Å². The normalized spacial score (nSPS) is 24.1. The van der Waals surface area contributed by atoms with Crippen LogP contribution >= 0.6 is 11.6 Å². The first-order chi connectivity index (χ1) is 8.56. The van der Waals surface area contributed by atoms with Crippen molar-refractivity contribution in [3.05, 3.63) is 44.5 Å². The Morgan fingerprint density at radius 2 is 1.83 bits per heavy atom. The lowest BCUT2D eigenvalue weighted by atomic mass is 10.1. The highest BCUT2D eigenvalue weighted by molar-refractivity contribution is 6.21. The number of rotatable bonds is 2. The van der Waals surface area contributed by atoms with Gasteiger partial charge in [-0.1, -0.05) is 13.0 Å². The molecule has 5 heteroatoms. The summed E-state index contributed by atoms with van der Waals surface area (Å²) in [6.07, 6.45) is 1.15. The number of nitrogens with one attached hydrogen (secondary N) is 2. The number of benzene rings is 1. The van der Waals surface area contributed by atoms with Crippen LogP contribution in [0.25, 0.3) is 11.0 Å². The molecule has 1 aromatic carbocycles. The Morgan fingerprint density at radius 3 is 2.44 bits per heavy atom. The highest BCUT2D eigenvalue weighted by Gasteiger charge is 2.39. The molecule has 3 atom stereocenters. The Hall–Kier alpha value is -1.55. The first-order valence-electron chi connectivity index (χ1n) is 5.96. The molecule has 1 heterocycles. The molecule has 94 valence electrons. The van der Waals surface area contributed by atoms with E-state index in [4.69, 9.17) is 11.6 Å². The zero-order chi connectivity index (χ0) is 12.9. The number of fused-ring (bicyclic) bond motifs is 1. The van der Waals surface area contributed by atoms with Gasteiger partial charge >= 0.3 is 11.1 Å². The van der Waals surface area contributed by atoms with Crippen LogP contribution < -0.4 is 11.1 Å². The van der Waals surface area contributed by atoms with Gasteiger partial charge in [0.2, 0.25) is 0 Å². The minimum absolute atomic E-state index is 0.0279. The maximum Gasteiger partial charge on any atom is 0.314 e. The van der Waals surface area contributed by atoms with Crippen LogP contribution in [0.1, 0.15) is 24.3 Å². The van der Waals surface area contributed by atoms with E-state index < -0.39 is 11.1 Å². The number of hydrogen-bond donors (Lipinski definition) is 2. The van der Waals surface area contributed by atoms with Gasteiger partial charge in [-0.3, -0.25) is 9.59 Å². The van der Waals surface area contributed by atoms with E-state index in [0.717, 1.165) is 12.0 Å². The van der Waals surface area contributed by atoms with Crippen LogP contribution in [0, 0.1) is 11.8 Å². The maximum absolute atomic E-state index is 11.3. The molecule has 0 spiro atoms. The Balaban J connectivity index is 2.08. The molecule has 4 nitrogen and oxygen atoms in total. The van der Waals surface area contributed by atoms with Crippen LogP contribution in [0.4, 0.5) is 0 Å². The first kappa shape index (κ1) is 11.5. The van der Waals surface area contributed by atoms with Crippen molar-refractivity contribution >= 4 is 22.6 Å². The van der Waals surface area contributed by atoms with Crippen molar-refractivity contribution in [2.24, 2.45) is 11.8 Å². The van der Waals surface area contributed by atoms with Gasteiger partial charge in [0.1, 0.15) is 0 Å². The third-order valence-corrected chi connectivity index (χ3v) is 4.19. The van der Waals surface area contributed by atoms with Crippen molar-refractivity contribution in [2.75, 3.05) is 0 Å². The quantitative estimate of drug-likeness (QED) is 0.645. The van der Waals surface area contributed by atoms with Gasteiger partial charge in [0, 0.05) is 0 Å². The molecular weight excluding hydrogens is 252 g/mol. The van der Waals surface area contributed by atoms with Gasteiger partial charge in [0.15, 0.2) is 0 Å². The minimum atomic E-state index is -0.634. The summed E-state index contributed by atoms with van der Waals surface area (Å²) in [5.41, 5.74) is 0.965. The SMILES string of the molecule is CC1CC1C(Cl)c1ccc2[nH]c(=O)c(=O)[nH]c2c1. The number of hydrogen-bond acceptors (Lipinski definition) is 2. The van der Waals surface area contributed by atoms with E-state index >= 15 is 0 Å². The van der Waals surface area contributed by atoms with Crippen LogP contribution in [0.5, 0.6) is 0 Å². The summed E-state index contributed by atoms with van der Waals surface area (Å²) < 4.78 is 0. The lowest BCUT2D eigenvalue weighted by molar-refractivity contribution is 0.722. The average molecular weight is 265 g/mol. The summed E-state index contributed by atoms with van der Waals surface area (Å²) in [4.78, 5) is 27.6. The van der Waals surface area contributed by atoms with Gasteiger partial charge in [0.25, 0.3) is 0 Å². The molecule has 2 aromatic rings. The third kappa shape index (κ3) is 1.86. The van der Waals surface area contributed by atoms with Gasteiger partial charge in [-0.25, -0.2) is 0 Å².